The highest BCUT2D eigenvalue weighted by Crippen LogP contribution is 2.32. The largest absolute Gasteiger partial charge is 0.492 e. The van der Waals surface area contributed by atoms with Crippen molar-refractivity contribution in [1.29, 1.82) is 0 Å². The number of carboxylic acid groups (broad SMARTS) is 1. The maximum Gasteiger partial charge on any atom is 0.326 e. The van der Waals surface area contributed by atoms with Crippen LogP contribution in [-0.4, -0.2) is 59.5 Å². The van der Waals surface area contributed by atoms with Gasteiger partial charge in [-0.15, -0.1) is 0 Å². The van der Waals surface area contributed by atoms with E-state index in [1.165, 1.54) is 0 Å². The molecule has 2 aromatic rings. The van der Waals surface area contributed by atoms with Crippen molar-refractivity contribution in [3.05, 3.63) is 11.9 Å². The number of carbonyl (C=O) groups excluding carboxylic acids is 2. The average molecular weight is 502 g/mol. The molecule has 3 rings (SSSR count). The number of carboxylic acids is 1. The molecular weight excluding hydrogens is 466 g/mol. The molecule has 1 aliphatic rings. The van der Waals surface area contributed by atoms with E-state index in [0.29, 0.717) is 30.9 Å². The first-order valence-electron chi connectivity index (χ1n) is 12.2. The molecule has 36 heavy (non-hydrogen) atoms. The molecule has 0 bridgehead atoms. The molecule has 0 aromatic carbocycles. The predicted octanol–water partition coefficient (Wildman–Crippen LogP) is 1.71. The second kappa shape index (κ2) is 11.4. The molecule has 0 radical (unpaired) electrons. The van der Waals surface area contributed by atoms with Gasteiger partial charge in [0.1, 0.15) is 6.04 Å². The van der Waals surface area contributed by atoms with Crippen LogP contribution in [-0.2, 0) is 20.8 Å². The van der Waals surface area contributed by atoms with Crippen LogP contribution in [0.4, 0.5) is 5.95 Å². The van der Waals surface area contributed by atoms with Gasteiger partial charge in [0.15, 0.2) is 11.2 Å². The van der Waals surface area contributed by atoms with Gasteiger partial charge in [0.05, 0.1) is 11.9 Å². The highest BCUT2D eigenvalue weighted by atomic mass is 16.4. The lowest BCUT2D eigenvalue weighted by Gasteiger charge is -2.28. The Morgan fingerprint density at radius 1 is 1.14 bits per heavy atom. The summed E-state index contributed by atoms with van der Waals surface area (Å²) in [4.78, 5) is 52.6. The molecule has 1 fully saturated rings. The SMILES string of the molecule is CC(C)(C)NC(=O)CC[C@H](NC(=O)[C@H]1CC[C@H](CCc2cnc3nc(N)nc(O)c3n2)CC1)C(=O)O. The van der Waals surface area contributed by atoms with E-state index in [0.717, 1.165) is 19.3 Å². The van der Waals surface area contributed by atoms with Gasteiger partial charge in [0.25, 0.3) is 0 Å². The highest BCUT2D eigenvalue weighted by molar-refractivity contribution is 5.85. The van der Waals surface area contributed by atoms with Gasteiger partial charge >= 0.3 is 5.97 Å². The van der Waals surface area contributed by atoms with E-state index in [9.17, 15) is 24.6 Å². The zero-order valence-electron chi connectivity index (χ0n) is 21.0. The second-order valence-corrected chi connectivity index (χ2v) is 10.4. The zero-order valence-corrected chi connectivity index (χ0v) is 21.0. The zero-order chi connectivity index (χ0) is 26.5. The minimum atomic E-state index is -1.14. The summed E-state index contributed by atoms with van der Waals surface area (Å²) in [5.74, 6) is -1.86. The molecule has 1 saturated carbocycles. The van der Waals surface area contributed by atoms with Crippen LogP contribution in [0.3, 0.4) is 0 Å². The third-order valence-electron chi connectivity index (χ3n) is 6.27. The van der Waals surface area contributed by atoms with Crippen LogP contribution in [0.5, 0.6) is 5.88 Å². The summed E-state index contributed by atoms with van der Waals surface area (Å²) in [5.41, 5.74) is 6.28. The molecule has 12 nitrogen and oxygen atoms in total. The third-order valence-corrected chi connectivity index (χ3v) is 6.27. The number of anilines is 1. The molecule has 1 atom stereocenters. The number of hydrogen-bond donors (Lipinski definition) is 5. The number of rotatable bonds is 9. The Bertz CT molecular complexity index is 1110. The number of hydrogen-bond acceptors (Lipinski definition) is 9. The fourth-order valence-electron chi connectivity index (χ4n) is 4.43. The quantitative estimate of drug-likeness (QED) is 0.337. The van der Waals surface area contributed by atoms with Crippen molar-refractivity contribution in [2.24, 2.45) is 11.8 Å². The molecule has 196 valence electrons. The van der Waals surface area contributed by atoms with Gasteiger partial charge in [-0.3, -0.25) is 9.59 Å². The minimum Gasteiger partial charge on any atom is -0.492 e. The number of fused-ring (bicyclic) bond motifs is 1. The Hall–Kier alpha value is -3.57. The number of aromatic nitrogens is 4. The summed E-state index contributed by atoms with van der Waals surface area (Å²) in [6.07, 6.45) is 6.22. The molecule has 6 N–H and O–H groups in total. The van der Waals surface area contributed by atoms with Gasteiger partial charge in [0, 0.05) is 17.9 Å². The van der Waals surface area contributed by atoms with Crippen LogP contribution in [0.15, 0.2) is 6.20 Å². The number of aromatic hydroxyl groups is 1. The number of nitrogens with zero attached hydrogens (tertiary/aromatic N) is 4. The number of nitrogens with two attached hydrogens (primary N) is 1. The Kier molecular flexibility index (Phi) is 8.59. The summed E-state index contributed by atoms with van der Waals surface area (Å²) in [5, 5.41) is 24.9. The van der Waals surface area contributed by atoms with Gasteiger partial charge in [-0.1, -0.05) is 0 Å². The Balaban J connectivity index is 1.45. The predicted molar refractivity (Wildman–Crippen MR) is 132 cm³/mol. The van der Waals surface area contributed by atoms with Gasteiger partial charge in [0.2, 0.25) is 23.6 Å². The van der Waals surface area contributed by atoms with Crippen molar-refractivity contribution < 1.29 is 24.6 Å². The van der Waals surface area contributed by atoms with E-state index >= 15 is 0 Å². The fraction of sp³-hybridized carbons (Fsp3) is 0.625. The maximum absolute atomic E-state index is 12.7. The summed E-state index contributed by atoms with van der Waals surface area (Å²) < 4.78 is 0. The minimum absolute atomic E-state index is 0.0240. The Morgan fingerprint density at radius 3 is 2.47 bits per heavy atom. The van der Waals surface area contributed by atoms with Gasteiger partial charge in [-0.05, 0) is 71.6 Å². The van der Waals surface area contributed by atoms with E-state index < -0.39 is 17.6 Å². The van der Waals surface area contributed by atoms with Crippen LogP contribution >= 0.6 is 0 Å². The summed E-state index contributed by atoms with van der Waals surface area (Å²) in [7, 11) is 0. The molecular formula is C24H35N7O5. The topological polar surface area (TPSA) is 193 Å². The number of aliphatic carboxylic acids is 1. The van der Waals surface area contributed by atoms with Crippen LogP contribution < -0.4 is 16.4 Å². The molecule has 0 unspecified atom stereocenters. The van der Waals surface area contributed by atoms with Crippen molar-refractivity contribution >= 4 is 34.9 Å². The normalized spacial score (nSPS) is 19.0. The summed E-state index contributed by atoms with van der Waals surface area (Å²) in [6.45, 7) is 5.55. The standard InChI is InChI=1S/C24H35N7O5/c1-24(2,3)31-17(32)11-10-16(22(35)36)28-20(33)14-7-4-13(5-8-14)6-9-15-12-26-19-18(27-15)21(34)30-23(25)29-19/h12-14,16H,4-11H2,1-3H3,(H,28,33)(H,31,32)(H,35,36)(H3,25,26,29,30,34)/t13-,14-,16-/m0/s1. The van der Waals surface area contributed by atoms with Gasteiger partial charge < -0.3 is 26.6 Å². The Labute approximate surface area is 209 Å². The molecule has 0 saturated heterocycles. The van der Waals surface area contributed by atoms with E-state index in [1.54, 1.807) is 6.20 Å². The molecule has 0 spiro atoms. The third kappa shape index (κ3) is 7.72. The highest BCUT2D eigenvalue weighted by Gasteiger charge is 2.30. The number of carbonyl (C=O) groups is 3. The van der Waals surface area contributed by atoms with Crippen LogP contribution in [0.25, 0.3) is 11.2 Å². The van der Waals surface area contributed by atoms with E-state index in [2.05, 4.69) is 30.6 Å². The van der Waals surface area contributed by atoms with Crippen LogP contribution in [0.2, 0.25) is 0 Å². The first-order valence-corrected chi connectivity index (χ1v) is 12.2. The Morgan fingerprint density at radius 2 is 1.83 bits per heavy atom. The fourth-order valence-corrected chi connectivity index (χ4v) is 4.43. The van der Waals surface area contributed by atoms with Crippen LogP contribution in [0.1, 0.15) is 71.4 Å². The van der Waals surface area contributed by atoms with Crippen molar-refractivity contribution in [2.75, 3.05) is 5.73 Å². The van der Waals surface area contributed by atoms with Crippen molar-refractivity contribution in [3.8, 4) is 5.88 Å². The molecule has 1 aliphatic carbocycles. The molecule has 12 heteroatoms. The lowest BCUT2D eigenvalue weighted by molar-refractivity contribution is -0.143. The summed E-state index contributed by atoms with van der Waals surface area (Å²) in [6, 6.07) is -1.09. The second-order valence-electron chi connectivity index (χ2n) is 10.4. The van der Waals surface area contributed by atoms with Crippen molar-refractivity contribution in [3.63, 3.8) is 0 Å². The number of amides is 2. The molecule has 2 heterocycles. The molecule has 2 aromatic heterocycles. The number of nitrogens with one attached hydrogen (secondary N) is 2. The maximum atomic E-state index is 12.7. The first kappa shape index (κ1) is 27.0. The van der Waals surface area contributed by atoms with Crippen LogP contribution in [0, 0.1) is 11.8 Å². The molecule has 2 amide bonds. The molecule has 0 aliphatic heterocycles. The van der Waals surface area contributed by atoms with E-state index in [1.807, 2.05) is 20.8 Å². The monoisotopic (exact) mass is 501 g/mol. The smallest absolute Gasteiger partial charge is 0.326 e. The lowest BCUT2D eigenvalue weighted by Crippen LogP contribution is -2.46. The van der Waals surface area contributed by atoms with Gasteiger partial charge in [-0.2, -0.15) is 9.97 Å². The van der Waals surface area contributed by atoms with Crippen molar-refractivity contribution in [2.45, 2.75) is 83.7 Å². The van der Waals surface area contributed by atoms with E-state index in [4.69, 9.17) is 5.73 Å². The van der Waals surface area contributed by atoms with Crippen molar-refractivity contribution in [1.82, 2.24) is 30.6 Å². The number of nitrogen functional groups attached to an aromatic ring is 1. The lowest BCUT2D eigenvalue weighted by atomic mass is 9.79. The first-order chi connectivity index (χ1) is 16.9. The van der Waals surface area contributed by atoms with Gasteiger partial charge in [-0.25, -0.2) is 14.8 Å². The average Bonchev–Trinajstić information content (AvgIpc) is 2.79. The summed E-state index contributed by atoms with van der Waals surface area (Å²) >= 11 is 0. The number of aryl methyl sites for hydroxylation is 1. The van der Waals surface area contributed by atoms with E-state index in [-0.39, 0.29) is 53.6 Å².